The summed E-state index contributed by atoms with van der Waals surface area (Å²) in [6.07, 6.45) is 1.91. The normalized spacial score (nSPS) is 20.8. The Bertz CT molecular complexity index is 472. The van der Waals surface area contributed by atoms with Crippen molar-refractivity contribution in [1.29, 1.82) is 0 Å². The molecule has 1 aromatic rings. The molecule has 0 saturated carbocycles. The predicted molar refractivity (Wildman–Crippen MR) is 79.3 cm³/mol. The van der Waals surface area contributed by atoms with Crippen LogP contribution in [0.3, 0.4) is 0 Å². The lowest BCUT2D eigenvalue weighted by atomic mass is 9.98. The smallest absolute Gasteiger partial charge is 0.232 e. The van der Waals surface area contributed by atoms with E-state index in [0.717, 1.165) is 39.0 Å². The van der Waals surface area contributed by atoms with Crippen LogP contribution in [0.15, 0.2) is 0 Å². The van der Waals surface area contributed by atoms with Crippen LogP contribution < -0.4 is 15.5 Å². The average molecular weight is 294 g/mol. The summed E-state index contributed by atoms with van der Waals surface area (Å²) < 4.78 is 5.34. The second-order valence-corrected chi connectivity index (χ2v) is 5.51. The van der Waals surface area contributed by atoms with Crippen LogP contribution in [0.5, 0.6) is 0 Å². The Hall–Kier alpha value is -1.67. The van der Waals surface area contributed by atoms with E-state index >= 15 is 0 Å². The lowest BCUT2D eigenvalue weighted by molar-refractivity contribution is 0.122. The highest BCUT2D eigenvalue weighted by Gasteiger charge is 2.23. The molecule has 0 aliphatic carbocycles. The Balaban J connectivity index is 1.74. The van der Waals surface area contributed by atoms with Crippen LogP contribution >= 0.6 is 0 Å². The second kappa shape index (κ2) is 6.40. The van der Waals surface area contributed by atoms with Crippen LogP contribution in [-0.2, 0) is 4.74 Å². The van der Waals surface area contributed by atoms with E-state index in [0.29, 0.717) is 31.0 Å². The minimum atomic E-state index is 0.255. The maximum absolute atomic E-state index is 9.21. The van der Waals surface area contributed by atoms with Gasteiger partial charge in [0.15, 0.2) is 0 Å². The molecule has 8 heteroatoms. The molecule has 3 N–H and O–H groups in total. The molecule has 3 heterocycles. The standard InChI is InChI=1S/C13H22N6O2/c14-11-15-12(18-3-1-10(9-20)2-4-18)17-13(16-11)19-5-7-21-8-6-19/h10,20H,1-9H2,(H2,14,15,16,17). The van der Waals surface area contributed by atoms with Gasteiger partial charge in [0.25, 0.3) is 0 Å². The van der Waals surface area contributed by atoms with Crippen LogP contribution in [0.2, 0.25) is 0 Å². The molecule has 0 bridgehead atoms. The lowest BCUT2D eigenvalue weighted by Gasteiger charge is -2.32. The first-order valence-electron chi connectivity index (χ1n) is 7.46. The lowest BCUT2D eigenvalue weighted by Crippen LogP contribution is -2.39. The molecular formula is C13H22N6O2. The minimum absolute atomic E-state index is 0.255. The number of ether oxygens (including phenoxy) is 1. The van der Waals surface area contributed by atoms with Crippen molar-refractivity contribution in [3.63, 3.8) is 0 Å². The third kappa shape index (κ3) is 3.33. The molecule has 8 nitrogen and oxygen atoms in total. The quantitative estimate of drug-likeness (QED) is 0.769. The van der Waals surface area contributed by atoms with Gasteiger partial charge in [0.2, 0.25) is 17.8 Å². The van der Waals surface area contributed by atoms with Crippen molar-refractivity contribution in [3.8, 4) is 0 Å². The van der Waals surface area contributed by atoms with E-state index in [9.17, 15) is 5.11 Å². The largest absolute Gasteiger partial charge is 0.396 e. The fourth-order valence-corrected chi connectivity index (χ4v) is 2.73. The molecule has 116 valence electrons. The van der Waals surface area contributed by atoms with Gasteiger partial charge in [0.1, 0.15) is 0 Å². The highest BCUT2D eigenvalue weighted by molar-refractivity contribution is 5.44. The first kappa shape index (κ1) is 14.3. The van der Waals surface area contributed by atoms with Crippen molar-refractivity contribution in [1.82, 2.24) is 15.0 Å². The highest BCUT2D eigenvalue weighted by atomic mass is 16.5. The number of aliphatic hydroxyl groups is 1. The van der Waals surface area contributed by atoms with Gasteiger partial charge in [-0.05, 0) is 18.8 Å². The van der Waals surface area contributed by atoms with E-state index in [1.54, 1.807) is 0 Å². The number of nitrogens with zero attached hydrogens (tertiary/aromatic N) is 5. The van der Waals surface area contributed by atoms with Gasteiger partial charge in [-0.1, -0.05) is 0 Å². The third-order valence-electron chi connectivity index (χ3n) is 4.08. The summed E-state index contributed by atoms with van der Waals surface area (Å²) in [5, 5.41) is 9.21. The van der Waals surface area contributed by atoms with Crippen molar-refractivity contribution in [2.45, 2.75) is 12.8 Å². The zero-order valence-electron chi connectivity index (χ0n) is 12.1. The van der Waals surface area contributed by atoms with Crippen LogP contribution in [0, 0.1) is 5.92 Å². The maximum atomic E-state index is 9.21. The molecule has 1 aromatic heterocycles. The van der Waals surface area contributed by atoms with Crippen LogP contribution in [0.4, 0.5) is 17.8 Å². The first-order chi connectivity index (χ1) is 10.3. The molecule has 2 fully saturated rings. The van der Waals surface area contributed by atoms with Crippen molar-refractivity contribution in [2.24, 2.45) is 5.92 Å². The van der Waals surface area contributed by atoms with Crippen molar-refractivity contribution < 1.29 is 9.84 Å². The fraction of sp³-hybridized carbons (Fsp3) is 0.769. The van der Waals surface area contributed by atoms with E-state index in [1.165, 1.54) is 0 Å². The molecular weight excluding hydrogens is 272 g/mol. The SMILES string of the molecule is Nc1nc(N2CCOCC2)nc(N2CCC(CO)CC2)n1. The summed E-state index contributed by atoms with van der Waals surface area (Å²) in [5.74, 6) is 1.91. The van der Waals surface area contributed by atoms with E-state index in [1.807, 2.05) is 0 Å². The molecule has 21 heavy (non-hydrogen) atoms. The van der Waals surface area contributed by atoms with Gasteiger partial charge in [0.05, 0.1) is 13.2 Å². The third-order valence-corrected chi connectivity index (χ3v) is 4.08. The topological polar surface area (TPSA) is 101 Å². The number of rotatable bonds is 3. The van der Waals surface area contributed by atoms with Gasteiger partial charge < -0.3 is 25.4 Å². The Kier molecular flexibility index (Phi) is 4.35. The van der Waals surface area contributed by atoms with Crippen molar-refractivity contribution >= 4 is 17.8 Å². The van der Waals surface area contributed by atoms with Gasteiger partial charge in [-0.25, -0.2) is 0 Å². The average Bonchev–Trinajstić information content (AvgIpc) is 2.55. The Morgan fingerprint density at radius 3 is 2.14 bits per heavy atom. The molecule has 2 aliphatic rings. The van der Waals surface area contributed by atoms with E-state index in [4.69, 9.17) is 10.5 Å². The van der Waals surface area contributed by atoms with Gasteiger partial charge in [-0.15, -0.1) is 0 Å². The van der Waals surface area contributed by atoms with Gasteiger partial charge in [0, 0.05) is 32.8 Å². The molecule has 0 unspecified atom stereocenters. The van der Waals surface area contributed by atoms with Crippen LogP contribution in [0.25, 0.3) is 0 Å². The number of piperidine rings is 1. The molecule has 2 saturated heterocycles. The highest BCUT2D eigenvalue weighted by Crippen LogP contribution is 2.22. The summed E-state index contributed by atoms with van der Waals surface area (Å²) in [7, 11) is 0. The van der Waals surface area contributed by atoms with Crippen molar-refractivity contribution in [3.05, 3.63) is 0 Å². The summed E-state index contributed by atoms with van der Waals surface area (Å²) >= 11 is 0. The Morgan fingerprint density at radius 1 is 1.00 bits per heavy atom. The second-order valence-electron chi connectivity index (χ2n) is 5.51. The number of aliphatic hydroxyl groups excluding tert-OH is 1. The minimum Gasteiger partial charge on any atom is -0.396 e. The maximum Gasteiger partial charge on any atom is 0.232 e. The van der Waals surface area contributed by atoms with E-state index in [2.05, 4.69) is 24.8 Å². The summed E-state index contributed by atoms with van der Waals surface area (Å²) in [6, 6.07) is 0. The molecule has 0 amide bonds. The van der Waals surface area contributed by atoms with Crippen LogP contribution in [-0.4, -0.2) is 66.1 Å². The van der Waals surface area contributed by atoms with E-state index in [-0.39, 0.29) is 12.6 Å². The Labute approximate surface area is 123 Å². The van der Waals surface area contributed by atoms with Crippen LogP contribution in [0.1, 0.15) is 12.8 Å². The molecule has 0 atom stereocenters. The van der Waals surface area contributed by atoms with Gasteiger partial charge >= 0.3 is 0 Å². The molecule has 0 radical (unpaired) electrons. The zero-order valence-corrected chi connectivity index (χ0v) is 12.1. The number of nitrogens with two attached hydrogens (primary N) is 1. The monoisotopic (exact) mass is 294 g/mol. The van der Waals surface area contributed by atoms with Crippen molar-refractivity contribution in [2.75, 3.05) is 61.5 Å². The summed E-state index contributed by atoms with van der Waals surface area (Å²) in [5.41, 5.74) is 5.84. The molecule has 2 aliphatic heterocycles. The number of anilines is 3. The number of nitrogen functional groups attached to an aromatic ring is 1. The first-order valence-corrected chi connectivity index (χ1v) is 7.46. The fourth-order valence-electron chi connectivity index (χ4n) is 2.73. The number of morpholine rings is 1. The molecule has 3 rings (SSSR count). The molecule has 0 spiro atoms. The zero-order chi connectivity index (χ0) is 14.7. The summed E-state index contributed by atoms with van der Waals surface area (Å²) in [4.78, 5) is 17.3. The number of hydrogen-bond acceptors (Lipinski definition) is 8. The Morgan fingerprint density at radius 2 is 1.57 bits per heavy atom. The summed E-state index contributed by atoms with van der Waals surface area (Å²) in [6.45, 7) is 4.86. The predicted octanol–water partition coefficient (Wildman–Crippen LogP) is -0.501. The number of hydrogen-bond donors (Lipinski definition) is 2. The van der Waals surface area contributed by atoms with Gasteiger partial charge in [-0.3, -0.25) is 0 Å². The van der Waals surface area contributed by atoms with Gasteiger partial charge in [-0.2, -0.15) is 15.0 Å². The number of aromatic nitrogens is 3. The molecule has 0 aromatic carbocycles. The van der Waals surface area contributed by atoms with E-state index < -0.39 is 0 Å².